The van der Waals surface area contributed by atoms with Crippen LogP contribution in [0.15, 0.2) is 48.5 Å². The van der Waals surface area contributed by atoms with Crippen LogP contribution in [0.5, 0.6) is 0 Å². The summed E-state index contributed by atoms with van der Waals surface area (Å²) in [5.74, 6) is 0. The fourth-order valence-corrected chi connectivity index (χ4v) is 2.65. The van der Waals surface area contributed by atoms with Crippen molar-refractivity contribution in [2.75, 3.05) is 5.32 Å². The number of hydrazine groups is 2. The lowest BCUT2D eigenvalue weighted by molar-refractivity contribution is 0.627. The number of hydrogen-bond donors (Lipinski definition) is 4. The molecule has 2 aromatic carbocycles. The van der Waals surface area contributed by atoms with Crippen LogP contribution in [-0.2, 0) is 6.54 Å². The highest BCUT2D eigenvalue weighted by molar-refractivity contribution is 5.95. The fraction of sp³-hybridized carbons (Fsp3) is 0.0667. The molecule has 94 valence electrons. The monoisotopic (exact) mass is 250 g/mol. The first kappa shape index (κ1) is 10.5. The molecule has 4 N–H and O–H groups in total. The second-order valence-corrected chi connectivity index (χ2v) is 4.68. The molecular formula is C15H14N4. The van der Waals surface area contributed by atoms with Gasteiger partial charge in [-0.3, -0.25) is 0 Å². The van der Waals surface area contributed by atoms with Crippen LogP contribution in [-0.4, -0.2) is 0 Å². The average Bonchev–Trinajstić information content (AvgIpc) is 2.92. The highest BCUT2D eigenvalue weighted by atomic mass is 15.6. The summed E-state index contributed by atoms with van der Waals surface area (Å²) in [6.07, 6.45) is 0. The number of nitrogens with one attached hydrogen (secondary N) is 4. The maximum absolute atomic E-state index is 3.50. The number of para-hydroxylation sites is 1. The molecule has 19 heavy (non-hydrogen) atoms. The minimum atomic E-state index is 0.825. The first-order valence-corrected chi connectivity index (χ1v) is 6.36. The molecule has 0 unspecified atom stereocenters. The molecule has 2 heterocycles. The Hall–Kier alpha value is -2.46. The molecule has 2 aliphatic heterocycles. The summed E-state index contributed by atoms with van der Waals surface area (Å²) in [6.45, 7) is 0.825. The quantitative estimate of drug-likeness (QED) is 0.578. The van der Waals surface area contributed by atoms with Crippen LogP contribution in [0.3, 0.4) is 0 Å². The van der Waals surface area contributed by atoms with Gasteiger partial charge < -0.3 is 16.2 Å². The summed E-state index contributed by atoms with van der Waals surface area (Å²) in [6, 6.07) is 16.8. The summed E-state index contributed by atoms with van der Waals surface area (Å²) in [7, 11) is 0. The third-order valence-electron chi connectivity index (χ3n) is 3.58. The molecule has 0 fully saturated rings. The molecule has 0 saturated carbocycles. The van der Waals surface area contributed by atoms with Crippen molar-refractivity contribution in [2.24, 2.45) is 0 Å². The Morgan fingerprint density at radius 3 is 2.32 bits per heavy atom. The molecule has 4 heteroatoms. The van der Waals surface area contributed by atoms with Crippen LogP contribution >= 0.6 is 0 Å². The van der Waals surface area contributed by atoms with E-state index in [-0.39, 0.29) is 0 Å². The van der Waals surface area contributed by atoms with Gasteiger partial charge in [-0.25, -0.2) is 0 Å². The molecule has 0 aromatic heterocycles. The zero-order valence-corrected chi connectivity index (χ0v) is 10.3. The van der Waals surface area contributed by atoms with Crippen molar-refractivity contribution in [3.05, 3.63) is 65.2 Å². The predicted molar refractivity (Wildman–Crippen MR) is 76.4 cm³/mol. The van der Waals surface area contributed by atoms with Gasteiger partial charge in [0.1, 0.15) is 0 Å². The molecule has 0 amide bonds. The van der Waals surface area contributed by atoms with Gasteiger partial charge in [0.25, 0.3) is 0 Å². The molecule has 4 rings (SSSR count). The van der Waals surface area contributed by atoms with Crippen molar-refractivity contribution in [1.82, 2.24) is 16.4 Å². The van der Waals surface area contributed by atoms with Crippen molar-refractivity contribution in [1.29, 1.82) is 0 Å². The Morgan fingerprint density at radius 1 is 0.737 bits per heavy atom. The fourth-order valence-electron chi connectivity index (χ4n) is 2.65. The van der Waals surface area contributed by atoms with Crippen LogP contribution < -0.4 is 21.7 Å². The first-order chi connectivity index (χ1) is 9.43. The maximum Gasteiger partial charge on any atom is 0.0849 e. The van der Waals surface area contributed by atoms with E-state index >= 15 is 0 Å². The second-order valence-electron chi connectivity index (χ2n) is 4.68. The SMILES string of the molecule is c1ccc2c(c1)CNc1ccccc1C1=C2NNN1. The van der Waals surface area contributed by atoms with Crippen LogP contribution in [0, 0.1) is 0 Å². The normalized spacial score (nSPS) is 16.0. The summed E-state index contributed by atoms with van der Waals surface area (Å²) in [5, 5.41) is 3.50. The molecule has 0 bridgehead atoms. The van der Waals surface area contributed by atoms with E-state index in [0.717, 1.165) is 23.6 Å². The van der Waals surface area contributed by atoms with E-state index in [4.69, 9.17) is 0 Å². The van der Waals surface area contributed by atoms with Crippen LogP contribution in [0.4, 0.5) is 5.69 Å². The average molecular weight is 250 g/mol. The van der Waals surface area contributed by atoms with Crippen LogP contribution in [0.2, 0.25) is 0 Å². The number of benzene rings is 2. The van der Waals surface area contributed by atoms with Crippen LogP contribution in [0.25, 0.3) is 11.4 Å². The first-order valence-electron chi connectivity index (χ1n) is 6.36. The third kappa shape index (κ3) is 1.57. The van der Waals surface area contributed by atoms with E-state index < -0.39 is 0 Å². The Kier molecular flexibility index (Phi) is 2.22. The largest absolute Gasteiger partial charge is 0.380 e. The van der Waals surface area contributed by atoms with Gasteiger partial charge >= 0.3 is 0 Å². The molecule has 0 aliphatic carbocycles. The van der Waals surface area contributed by atoms with Gasteiger partial charge in [0.15, 0.2) is 0 Å². The molecular weight excluding hydrogens is 236 g/mol. The van der Waals surface area contributed by atoms with Gasteiger partial charge in [-0.2, -0.15) is 0 Å². The standard InChI is InChI=1S/C15H14N4/c1-2-6-11-10(5-1)9-16-13-8-4-3-7-12(13)15-14(11)17-19-18-15/h1-8,16-19H,9H2. The Labute approximate surface area is 111 Å². The zero-order valence-electron chi connectivity index (χ0n) is 10.3. The molecule has 0 spiro atoms. The predicted octanol–water partition coefficient (Wildman–Crippen LogP) is 2.05. The summed E-state index contributed by atoms with van der Waals surface area (Å²) in [5.41, 5.74) is 16.4. The number of fused-ring (bicyclic) bond motifs is 4. The number of anilines is 1. The van der Waals surface area contributed by atoms with Crippen LogP contribution in [0.1, 0.15) is 16.7 Å². The molecule has 2 aliphatic rings. The topological polar surface area (TPSA) is 48.1 Å². The minimum Gasteiger partial charge on any atom is -0.380 e. The van der Waals surface area contributed by atoms with Crippen molar-refractivity contribution < 1.29 is 0 Å². The van der Waals surface area contributed by atoms with Gasteiger partial charge in [-0.05, 0) is 11.6 Å². The van der Waals surface area contributed by atoms with E-state index in [1.807, 2.05) is 0 Å². The molecule has 0 atom stereocenters. The summed E-state index contributed by atoms with van der Waals surface area (Å²) in [4.78, 5) is 0. The Bertz CT molecular complexity index is 618. The molecule has 2 aromatic rings. The lowest BCUT2D eigenvalue weighted by Gasteiger charge is -2.19. The lowest BCUT2D eigenvalue weighted by Crippen LogP contribution is -2.32. The zero-order chi connectivity index (χ0) is 12.7. The number of hydrogen-bond acceptors (Lipinski definition) is 4. The molecule has 0 saturated heterocycles. The van der Waals surface area contributed by atoms with Crippen molar-refractivity contribution in [3.63, 3.8) is 0 Å². The van der Waals surface area contributed by atoms with Gasteiger partial charge in [-0.15, -0.1) is 5.53 Å². The molecule has 0 radical (unpaired) electrons. The third-order valence-corrected chi connectivity index (χ3v) is 3.58. The van der Waals surface area contributed by atoms with E-state index in [2.05, 4.69) is 70.2 Å². The van der Waals surface area contributed by atoms with E-state index in [9.17, 15) is 0 Å². The van der Waals surface area contributed by atoms with Crippen molar-refractivity contribution in [3.8, 4) is 0 Å². The summed E-state index contributed by atoms with van der Waals surface area (Å²) < 4.78 is 0. The highest BCUT2D eigenvalue weighted by Gasteiger charge is 2.22. The van der Waals surface area contributed by atoms with E-state index in [1.165, 1.54) is 16.7 Å². The maximum atomic E-state index is 3.50. The summed E-state index contributed by atoms with van der Waals surface area (Å²) >= 11 is 0. The van der Waals surface area contributed by atoms with Crippen molar-refractivity contribution in [2.45, 2.75) is 6.54 Å². The van der Waals surface area contributed by atoms with Gasteiger partial charge in [0, 0.05) is 23.4 Å². The minimum absolute atomic E-state index is 0.825. The van der Waals surface area contributed by atoms with Crippen molar-refractivity contribution >= 4 is 17.1 Å². The van der Waals surface area contributed by atoms with E-state index in [1.54, 1.807) is 0 Å². The van der Waals surface area contributed by atoms with Gasteiger partial charge in [0.2, 0.25) is 0 Å². The highest BCUT2D eigenvalue weighted by Crippen LogP contribution is 2.33. The lowest BCUT2D eigenvalue weighted by atomic mass is 9.98. The Balaban J connectivity index is 2.00. The second kappa shape index (κ2) is 4.03. The molecule has 4 nitrogen and oxygen atoms in total. The number of rotatable bonds is 0. The Morgan fingerprint density at radius 2 is 1.42 bits per heavy atom. The smallest absolute Gasteiger partial charge is 0.0849 e. The van der Waals surface area contributed by atoms with Gasteiger partial charge in [0.05, 0.1) is 11.4 Å². The van der Waals surface area contributed by atoms with Gasteiger partial charge in [-0.1, -0.05) is 42.5 Å². The van der Waals surface area contributed by atoms with E-state index in [0.29, 0.717) is 0 Å².